The second-order valence-corrected chi connectivity index (χ2v) is 12.5. The van der Waals surface area contributed by atoms with Gasteiger partial charge in [0.1, 0.15) is 11.2 Å². The summed E-state index contributed by atoms with van der Waals surface area (Å²) >= 11 is 0. The Kier molecular flexibility index (Phi) is 6.18. The first kappa shape index (κ1) is 27.5. The Balaban J connectivity index is 1.14. The van der Waals surface area contributed by atoms with Crippen LogP contribution in [0, 0.1) is 0 Å². The highest BCUT2D eigenvalue weighted by molar-refractivity contribution is 6.19. The van der Waals surface area contributed by atoms with Crippen molar-refractivity contribution < 1.29 is 4.42 Å². The van der Waals surface area contributed by atoms with Crippen molar-refractivity contribution in [2.24, 2.45) is 0 Å². The van der Waals surface area contributed by atoms with Crippen LogP contribution in [-0.4, -0.2) is 9.97 Å². The third-order valence-electron chi connectivity index (χ3n) is 9.69. The second kappa shape index (κ2) is 11.0. The minimum atomic E-state index is 0.699. The normalized spacial score (nSPS) is 11.7. The van der Waals surface area contributed by atoms with Crippen LogP contribution in [0.5, 0.6) is 0 Å². The molecule has 0 aliphatic heterocycles. The summed E-state index contributed by atoms with van der Waals surface area (Å²) in [7, 11) is 0. The third kappa shape index (κ3) is 4.51. The van der Waals surface area contributed by atoms with Crippen molar-refractivity contribution in [1.82, 2.24) is 9.97 Å². The van der Waals surface area contributed by atoms with Crippen LogP contribution in [0.2, 0.25) is 0 Å². The summed E-state index contributed by atoms with van der Waals surface area (Å²) in [6, 6.07) is 59.7. The van der Waals surface area contributed by atoms with Gasteiger partial charge in [-0.3, -0.25) is 0 Å². The van der Waals surface area contributed by atoms with Crippen LogP contribution in [0.15, 0.2) is 174 Å². The molecule has 0 radical (unpaired) electrons. The van der Waals surface area contributed by atoms with Crippen LogP contribution in [0.4, 0.5) is 0 Å². The Morgan fingerprint density at radius 3 is 1.90 bits per heavy atom. The van der Waals surface area contributed by atoms with Crippen molar-refractivity contribution in [2.45, 2.75) is 0 Å². The highest BCUT2D eigenvalue weighted by atomic mass is 16.3. The molecule has 0 bridgehead atoms. The van der Waals surface area contributed by atoms with Crippen LogP contribution in [-0.2, 0) is 0 Å². The number of fused-ring (bicyclic) bond motifs is 7. The van der Waals surface area contributed by atoms with Crippen molar-refractivity contribution in [3.63, 3.8) is 0 Å². The molecule has 0 atom stereocenters. The standard InChI is InChI=1S/C46H28N2O/c1-2-12-32(13-3-1)44-38-18-8-9-20-42(38)47-46(48-44)41-28-40-39-27-33(25-26-43(39)49-45(40)37-17-7-6-16-36(37)41)29-21-23-31(24-22-29)35-19-10-14-30-11-4-5-15-34(30)35/h1-28H. The number of nitrogens with zero attached hydrogens (tertiary/aromatic N) is 2. The molecule has 0 fully saturated rings. The molecule has 0 saturated carbocycles. The van der Waals surface area contributed by atoms with Crippen LogP contribution >= 0.6 is 0 Å². The average molecular weight is 625 g/mol. The minimum Gasteiger partial charge on any atom is -0.455 e. The van der Waals surface area contributed by atoms with Gasteiger partial charge in [0.15, 0.2) is 5.82 Å². The average Bonchev–Trinajstić information content (AvgIpc) is 3.55. The fraction of sp³-hybridized carbons (Fsp3) is 0. The fourth-order valence-electron chi connectivity index (χ4n) is 7.30. The molecule has 2 heterocycles. The monoisotopic (exact) mass is 624 g/mol. The van der Waals surface area contributed by atoms with E-state index in [1.54, 1.807) is 0 Å². The molecule has 0 unspecified atom stereocenters. The quantitative estimate of drug-likeness (QED) is 0.196. The van der Waals surface area contributed by atoms with E-state index in [0.717, 1.165) is 71.6 Å². The van der Waals surface area contributed by atoms with E-state index in [4.69, 9.17) is 14.4 Å². The van der Waals surface area contributed by atoms with Crippen molar-refractivity contribution in [3.05, 3.63) is 170 Å². The molecule has 0 aliphatic rings. The molecule has 0 amide bonds. The number of aromatic nitrogens is 2. The van der Waals surface area contributed by atoms with Gasteiger partial charge in [0.25, 0.3) is 0 Å². The van der Waals surface area contributed by atoms with Gasteiger partial charge < -0.3 is 4.42 Å². The summed E-state index contributed by atoms with van der Waals surface area (Å²) in [5.74, 6) is 0.699. The summed E-state index contributed by atoms with van der Waals surface area (Å²) in [4.78, 5) is 10.4. The molecule has 10 rings (SSSR count). The summed E-state index contributed by atoms with van der Waals surface area (Å²) in [5.41, 5.74) is 10.4. The van der Waals surface area contributed by atoms with Gasteiger partial charge in [0.05, 0.1) is 11.2 Å². The molecule has 0 spiro atoms. The summed E-state index contributed by atoms with van der Waals surface area (Å²) < 4.78 is 6.59. The summed E-state index contributed by atoms with van der Waals surface area (Å²) in [6.07, 6.45) is 0. The van der Waals surface area contributed by atoms with E-state index in [9.17, 15) is 0 Å². The lowest BCUT2D eigenvalue weighted by molar-refractivity contribution is 0.673. The Hall–Kier alpha value is -6.58. The first-order valence-corrected chi connectivity index (χ1v) is 16.6. The molecule has 228 valence electrons. The molecule has 3 nitrogen and oxygen atoms in total. The third-order valence-corrected chi connectivity index (χ3v) is 9.69. The lowest BCUT2D eigenvalue weighted by atomic mass is 9.95. The molecule has 49 heavy (non-hydrogen) atoms. The van der Waals surface area contributed by atoms with Crippen LogP contribution in [0.3, 0.4) is 0 Å². The number of hydrogen-bond donors (Lipinski definition) is 0. The van der Waals surface area contributed by atoms with E-state index >= 15 is 0 Å². The topological polar surface area (TPSA) is 38.9 Å². The molecule has 2 aromatic heterocycles. The predicted octanol–water partition coefficient (Wildman–Crippen LogP) is 12.5. The van der Waals surface area contributed by atoms with E-state index in [-0.39, 0.29) is 0 Å². The highest BCUT2D eigenvalue weighted by Crippen LogP contribution is 2.41. The van der Waals surface area contributed by atoms with Gasteiger partial charge in [0, 0.05) is 32.7 Å². The Morgan fingerprint density at radius 1 is 0.367 bits per heavy atom. The van der Waals surface area contributed by atoms with Gasteiger partial charge in [-0.05, 0) is 62.7 Å². The molecule has 0 saturated heterocycles. The molecule has 0 aliphatic carbocycles. The number of benzene rings is 8. The van der Waals surface area contributed by atoms with E-state index in [1.165, 1.54) is 21.9 Å². The molecule has 10 aromatic rings. The number of hydrogen-bond acceptors (Lipinski definition) is 3. The van der Waals surface area contributed by atoms with Crippen molar-refractivity contribution in [1.29, 1.82) is 0 Å². The molecule has 3 heteroatoms. The first-order chi connectivity index (χ1) is 24.3. The smallest absolute Gasteiger partial charge is 0.161 e. The Bertz CT molecular complexity index is 2860. The van der Waals surface area contributed by atoms with E-state index in [0.29, 0.717) is 5.82 Å². The zero-order valence-electron chi connectivity index (χ0n) is 26.5. The van der Waals surface area contributed by atoms with E-state index < -0.39 is 0 Å². The maximum absolute atomic E-state index is 6.59. The number of para-hydroxylation sites is 1. The second-order valence-electron chi connectivity index (χ2n) is 12.5. The van der Waals surface area contributed by atoms with Gasteiger partial charge in [0.2, 0.25) is 0 Å². The number of furan rings is 1. The molecule has 0 N–H and O–H groups in total. The van der Waals surface area contributed by atoms with Gasteiger partial charge in [-0.15, -0.1) is 0 Å². The fourth-order valence-corrected chi connectivity index (χ4v) is 7.30. The lowest BCUT2D eigenvalue weighted by Crippen LogP contribution is -1.96. The van der Waals surface area contributed by atoms with Crippen LogP contribution < -0.4 is 0 Å². The Labute approximate surface area is 282 Å². The van der Waals surface area contributed by atoms with E-state index in [1.807, 2.05) is 18.2 Å². The van der Waals surface area contributed by atoms with Gasteiger partial charge in [-0.25, -0.2) is 9.97 Å². The van der Waals surface area contributed by atoms with Crippen molar-refractivity contribution in [2.75, 3.05) is 0 Å². The number of rotatable bonds is 4. The lowest BCUT2D eigenvalue weighted by Gasteiger charge is -2.11. The van der Waals surface area contributed by atoms with Crippen molar-refractivity contribution in [3.8, 4) is 44.9 Å². The molecular formula is C46H28N2O. The summed E-state index contributed by atoms with van der Waals surface area (Å²) in [6.45, 7) is 0. The molecular weight excluding hydrogens is 597 g/mol. The largest absolute Gasteiger partial charge is 0.455 e. The maximum atomic E-state index is 6.59. The van der Waals surface area contributed by atoms with Crippen molar-refractivity contribution >= 4 is 54.4 Å². The minimum absolute atomic E-state index is 0.699. The van der Waals surface area contributed by atoms with Crippen LogP contribution in [0.1, 0.15) is 0 Å². The van der Waals surface area contributed by atoms with Gasteiger partial charge >= 0.3 is 0 Å². The zero-order valence-corrected chi connectivity index (χ0v) is 26.5. The summed E-state index contributed by atoms with van der Waals surface area (Å²) in [5, 5.41) is 7.78. The van der Waals surface area contributed by atoms with Gasteiger partial charge in [-0.2, -0.15) is 0 Å². The SMILES string of the molecule is c1ccc(-c2nc(-c3cc4c5cc(-c6ccc(-c7cccc8ccccc78)cc6)ccc5oc4c4ccccc34)nc3ccccc23)cc1. The van der Waals surface area contributed by atoms with E-state index in [2.05, 4.69) is 152 Å². The van der Waals surface area contributed by atoms with Gasteiger partial charge in [-0.1, -0.05) is 146 Å². The van der Waals surface area contributed by atoms with Crippen LogP contribution in [0.25, 0.3) is 99.3 Å². The predicted molar refractivity (Wildman–Crippen MR) is 204 cm³/mol. The highest BCUT2D eigenvalue weighted by Gasteiger charge is 2.19. The zero-order chi connectivity index (χ0) is 32.3. The Morgan fingerprint density at radius 2 is 1.04 bits per heavy atom. The first-order valence-electron chi connectivity index (χ1n) is 16.6. The molecule has 8 aromatic carbocycles. The maximum Gasteiger partial charge on any atom is 0.161 e.